The summed E-state index contributed by atoms with van der Waals surface area (Å²) in [6.45, 7) is 0. The third-order valence-electron chi connectivity index (χ3n) is 3.55. The van der Waals surface area contributed by atoms with Crippen LogP contribution in [-0.4, -0.2) is 20.6 Å². The Morgan fingerprint density at radius 3 is 2.80 bits per heavy atom. The van der Waals surface area contributed by atoms with Gasteiger partial charge in [-0.25, -0.2) is 9.66 Å². The largest absolute Gasteiger partial charge is 0.328 e. The molecule has 0 aliphatic rings. The van der Waals surface area contributed by atoms with Crippen LogP contribution in [0.15, 0.2) is 57.1 Å². The van der Waals surface area contributed by atoms with E-state index in [1.54, 1.807) is 0 Å². The number of carbonyl (C=O) groups is 1. The van der Waals surface area contributed by atoms with Gasteiger partial charge in [0, 0.05) is 28.1 Å². The number of pyridine rings is 1. The van der Waals surface area contributed by atoms with Crippen LogP contribution in [0, 0.1) is 0 Å². The van der Waals surface area contributed by atoms with Gasteiger partial charge in [-0.05, 0) is 17.5 Å². The van der Waals surface area contributed by atoms with Crippen molar-refractivity contribution in [1.82, 2.24) is 14.6 Å². The normalized spacial score (nSPS) is 10.9. The first-order chi connectivity index (χ1) is 12.1. The smallest absolute Gasteiger partial charge is 0.281 e. The first-order valence-electron chi connectivity index (χ1n) is 7.16. The van der Waals surface area contributed by atoms with E-state index in [0.717, 1.165) is 15.1 Å². The molecule has 7 nitrogen and oxygen atoms in total. The molecule has 25 heavy (non-hydrogen) atoms. The summed E-state index contributed by atoms with van der Waals surface area (Å²) in [7, 11) is 0. The number of carbonyl (C=O) groups excluding carboxylic acids is 1. The molecule has 0 spiro atoms. The number of hydrogen-bond donors (Lipinski definition) is 2. The SMILES string of the molecule is O=C(Nn1cnc2scc(-c3cccs3)c2c1=O)c1ccc(=O)[nH]c1. The fourth-order valence-corrected chi connectivity index (χ4v) is 4.07. The van der Waals surface area contributed by atoms with Gasteiger partial charge in [-0.3, -0.25) is 19.8 Å². The fraction of sp³-hybridized carbons (Fsp3) is 0. The second kappa shape index (κ2) is 6.11. The van der Waals surface area contributed by atoms with E-state index < -0.39 is 5.91 Å². The minimum absolute atomic E-state index is 0.232. The number of thiophene rings is 2. The summed E-state index contributed by atoms with van der Waals surface area (Å²) < 4.78 is 1.06. The van der Waals surface area contributed by atoms with E-state index in [1.165, 1.54) is 47.3 Å². The zero-order valence-electron chi connectivity index (χ0n) is 12.6. The number of hydrogen-bond acceptors (Lipinski definition) is 6. The minimum Gasteiger partial charge on any atom is -0.328 e. The van der Waals surface area contributed by atoms with Crippen molar-refractivity contribution in [1.29, 1.82) is 0 Å². The number of nitrogens with zero attached hydrogens (tertiary/aromatic N) is 2. The van der Waals surface area contributed by atoms with Crippen LogP contribution in [0.5, 0.6) is 0 Å². The van der Waals surface area contributed by atoms with E-state index in [9.17, 15) is 14.4 Å². The van der Waals surface area contributed by atoms with Crippen LogP contribution < -0.4 is 16.5 Å². The van der Waals surface area contributed by atoms with Gasteiger partial charge in [-0.15, -0.1) is 22.7 Å². The molecule has 0 aliphatic carbocycles. The van der Waals surface area contributed by atoms with E-state index in [0.29, 0.717) is 10.2 Å². The molecule has 0 aliphatic heterocycles. The average Bonchev–Trinajstić information content (AvgIpc) is 3.27. The second-order valence-corrected chi connectivity index (χ2v) is 6.91. The zero-order chi connectivity index (χ0) is 17.4. The second-order valence-electron chi connectivity index (χ2n) is 5.11. The summed E-state index contributed by atoms with van der Waals surface area (Å²) >= 11 is 2.91. The number of fused-ring (bicyclic) bond motifs is 1. The Morgan fingerprint density at radius 1 is 1.20 bits per heavy atom. The number of rotatable bonds is 3. The number of aromatic amines is 1. The van der Waals surface area contributed by atoms with Gasteiger partial charge in [0.1, 0.15) is 11.2 Å². The van der Waals surface area contributed by atoms with Crippen LogP contribution in [0.4, 0.5) is 0 Å². The molecule has 4 aromatic heterocycles. The van der Waals surface area contributed by atoms with Crippen LogP contribution in [0.3, 0.4) is 0 Å². The van der Waals surface area contributed by atoms with Gasteiger partial charge >= 0.3 is 0 Å². The summed E-state index contributed by atoms with van der Waals surface area (Å²) in [5.74, 6) is -0.521. The van der Waals surface area contributed by atoms with Gasteiger partial charge in [0.15, 0.2) is 0 Å². The Balaban J connectivity index is 1.75. The van der Waals surface area contributed by atoms with Crippen molar-refractivity contribution in [3.05, 3.63) is 73.8 Å². The molecule has 0 saturated carbocycles. The lowest BCUT2D eigenvalue weighted by molar-refractivity contribution is 0.101. The van der Waals surface area contributed by atoms with Gasteiger partial charge in [0.05, 0.1) is 10.9 Å². The Kier molecular flexibility index (Phi) is 3.79. The van der Waals surface area contributed by atoms with Crippen LogP contribution in [0.2, 0.25) is 0 Å². The van der Waals surface area contributed by atoms with Crippen molar-refractivity contribution in [2.24, 2.45) is 0 Å². The Labute approximate surface area is 148 Å². The summed E-state index contributed by atoms with van der Waals surface area (Å²) in [5, 5.41) is 4.29. The van der Waals surface area contributed by atoms with Crippen molar-refractivity contribution in [3.63, 3.8) is 0 Å². The highest BCUT2D eigenvalue weighted by Crippen LogP contribution is 2.33. The molecule has 0 unspecified atom stereocenters. The molecule has 0 aromatic carbocycles. The molecular weight excluding hydrogens is 360 g/mol. The highest BCUT2D eigenvalue weighted by Gasteiger charge is 2.15. The predicted molar refractivity (Wildman–Crippen MR) is 97.9 cm³/mol. The standard InChI is InChI=1S/C16H10N4O3S2/c21-12-4-3-9(6-17-12)14(22)19-20-8-18-15-13(16(20)23)10(7-25-15)11-2-1-5-24-11/h1-8H,(H,17,21)(H,19,22). The number of amides is 1. The summed E-state index contributed by atoms with van der Waals surface area (Å²) in [4.78, 5) is 44.4. The fourth-order valence-electron chi connectivity index (χ4n) is 2.35. The summed E-state index contributed by atoms with van der Waals surface area (Å²) in [6, 6.07) is 6.47. The van der Waals surface area contributed by atoms with Crippen molar-refractivity contribution in [2.75, 3.05) is 5.43 Å². The lowest BCUT2D eigenvalue weighted by Gasteiger charge is -2.07. The van der Waals surface area contributed by atoms with Gasteiger partial charge in [0.2, 0.25) is 5.56 Å². The summed E-state index contributed by atoms with van der Waals surface area (Å²) in [6.07, 6.45) is 2.57. The van der Waals surface area contributed by atoms with E-state index in [1.807, 2.05) is 22.9 Å². The highest BCUT2D eigenvalue weighted by atomic mass is 32.1. The lowest BCUT2D eigenvalue weighted by Crippen LogP contribution is -2.33. The first kappa shape index (κ1) is 15.5. The number of nitrogens with one attached hydrogen (secondary N) is 2. The molecular formula is C16H10N4O3S2. The molecule has 124 valence electrons. The van der Waals surface area contributed by atoms with Gasteiger partial charge in [0.25, 0.3) is 11.5 Å². The Hall–Kier alpha value is -3.04. The molecule has 0 atom stereocenters. The van der Waals surface area contributed by atoms with Crippen molar-refractivity contribution in [2.45, 2.75) is 0 Å². The van der Waals surface area contributed by atoms with Crippen molar-refractivity contribution in [3.8, 4) is 10.4 Å². The minimum atomic E-state index is -0.521. The maximum atomic E-state index is 12.8. The lowest BCUT2D eigenvalue weighted by atomic mass is 10.2. The van der Waals surface area contributed by atoms with Gasteiger partial charge in [-0.2, -0.15) is 0 Å². The number of H-pyrrole nitrogens is 1. The Bertz CT molecular complexity index is 1170. The third kappa shape index (κ3) is 2.79. The molecule has 4 aromatic rings. The van der Waals surface area contributed by atoms with E-state index >= 15 is 0 Å². The number of aromatic nitrogens is 3. The molecule has 9 heteroatoms. The zero-order valence-corrected chi connectivity index (χ0v) is 14.2. The van der Waals surface area contributed by atoms with Gasteiger partial charge in [-0.1, -0.05) is 6.07 Å². The Morgan fingerprint density at radius 2 is 2.08 bits per heavy atom. The third-order valence-corrected chi connectivity index (χ3v) is 5.34. The van der Waals surface area contributed by atoms with E-state index in [2.05, 4.69) is 15.4 Å². The quantitative estimate of drug-likeness (QED) is 0.578. The van der Waals surface area contributed by atoms with Gasteiger partial charge < -0.3 is 4.98 Å². The van der Waals surface area contributed by atoms with E-state index in [4.69, 9.17) is 0 Å². The maximum Gasteiger partial charge on any atom is 0.281 e. The predicted octanol–water partition coefficient (Wildman–Crippen LogP) is 2.26. The van der Waals surface area contributed by atoms with E-state index in [-0.39, 0.29) is 16.7 Å². The molecule has 1 amide bonds. The molecule has 2 N–H and O–H groups in total. The van der Waals surface area contributed by atoms with Crippen molar-refractivity contribution >= 4 is 38.8 Å². The maximum absolute atomic E-state index is 12.8. The molecule has 0 saturated heterocycles. The van der Waals surface area contributed by atoms with Crippen molar-refractivity contribution < 1.29 is 4.79 Å². The topological polar surface area (TPSA) is 96.8 Å². The molecule has 0 fully saturated rings. The summed E-state index contributed by atoms with van der Waals surface area (Å²) in [5.41, 5.74) is 2.86. The van der Waals surface area contributed by atoms with Crippen LogP contribution >= 0.6 is 22.7 Å². The molecule has 4 heterocycles. The average molecular weight is 370 g/mol. The molecule has 0 radical (unpaired) electrons. The van der Waals surface area contributed by atoms with Crippen LogP contribution in [-0.2, 0) is 0 Å². The molecule has 4 rings (SSSR count). The van der Waals surface area contributed by atoms with Crippen LogP contribution in [0.1, 0.15) is 10.4 Å². The molecule has 0 bridgehead atoms. The highest BCUT2D eigenvalue weighted by molar-refractivity contribution is 7.18. The first-order valence-corrected chi connectivity index (χ1v) is 8.92. The van der Waals surface area contributed by atoms with Crippen LogP contribution in [0.25, 0.3) is 20.7 Å². The monoisotopic (exact) mass is 370 g/mol.